The maximum atomic E-state index is 12.7. The van der Waals surface area contributed by atoms with Crippen LogP contribution in [0.2, 0.25) is 0 Å². The van der Waals surface area contributed by atoms with E-state index >= 15 is 0 Å². The van der Waals surface area contributed by atoms with Gasteiger partial charge in [0.2, 0.25) is 0 Å². The highest BCUT2D eigenvalue weighted by atomic mass is 19.4. The van der Waals surface area contributed by atoms with Gasteiger partial charge in [0.25, 0.3) is 0 Å². The number of aryl methyl sites for hydroxylation is 1. The van der Waals surface area contributed by atoms with E-state index in [0.717, 1.165) is 30.2 Å². The van der Waals surface area contributed by atoms with Crippen molar-refractivity contribution in [2.75, 3.05) is 0 Å². The fourth-order valence-electron chi connectivity index (χ4n) is 2.32. The highest BCUT2D eigenvalue weighted by Gasteiger charge is 2.31. The minimum atomic E-state index is -4.49. The Bertz CT molecular complexity index is 715. The Kier molecular flexibility index (Phi) is 8.06. The molecule has 2 aromatic rings. The number of halogens is 3. The largest absolute Gasteiger partial charge is 0.507 e. The Morgan fingerprint density at radius 1 is 1.08 bits per heavy atom. The van der Waals surface area contributed by atoms with Gasteiger partial charge in [-0.25, -0.2) is 0 Å². The van der Waals surface area contributed by atoms with E-state index in [1.165, 1.54) is 12.5 Å². The number of phenols is 1. The summed E-state index contributed by atoms with van der Waals surface area (Å²) in [7, 11) is 0. The predicted octanol–water partition coefficient (Wildman–Crippen LogP) is 6.18. The molecule has 0 fully saturated rings. The summed E-state index contributed by atoms with van der Waals surface area (Å²) in [6.07, 6.45) is -1.41. The van der Waals surface area contributed by atoms with Crippen molar-refractivity contribution in [3.05, 3.63) is 41.1 Å². The molecule has 1 aromatic heterocycles. The highest BCUT2D eigenvalue weighted by molar-refractivity contribution is 5.69. The van der Waals surface area contributed by atoms with Crippen LogP contribution < -0.4 is 0 Å². The molecule has 2 rings (SSSR count). The van der Waals surface area contributed by atoms with Gasteiger partial charge in [-0.3, -0.25) is 0 Å². The van der Waals surface area contributed by atoms with Gasteiger partial charge < -0.3 is 5.11 Å². The Labute approximate surface area is 153 Å². The third-order valence-electron chi connectivity index (χ3n) is 3.87. The maximum Gasteiger partial charge on any atom is 0.416 e. The summed E-state index contributed by atoms with van der Waals surface area (Å²) in [6, 6.07) is 4.74. The predicted molar refractivity (Wildman–Crippen MR) is 98.0 cm³/mol. The van der Waals surface area contributed by atoms with Gasteiger partial charge >= 0.3 is 6.18 Å². The van der Waals surface area contributed by atoms with Gasteiger partial charge in [0.05, 0.1) is 17.0 Å². The molecule has 1 heterocycles. The number of hydrogen-bond donors (Lipinski definition) is 1. The lowest BCUT2D eigenvalue weighted by atomic mass is 10.00. The molecule has 0 amide bonds. The van der Waals surface area contributed by atoms with Gasteiger partial charge in [-0.05, 0) is 49.1 Å². The van der Waals surface area contributed by atoms with E-state index in [9.17, 15) is 18.3 Å². The topological polar surface area (TPSA) is 46.0 Å². The summed E-state index contributed by atoms with van der Waals surface area (Å²) < 4.78 is 38.0. The Balaban J connectivity index is 0.00000105. The first kappa shape index (κ1) is 21.9. The van der Waals surface area contributed by atoms with Gasteiger partial charge in [-0.1, -0.05) is 40.5 Å². The lowest BCUT2D eigenvalue weighted by Crippen LogP contribution is -2.05. The van der Waals surface area contributed by atoms with Crippen molar-refractivity contribution in [1.82, 2.24) is 10.2 Å². The first-order valence-corrected chi connectivity index (χ1v) is 8.87. The van der Waals surface area contributed by atoms with Crippen LogP contribution >= 0.6 is 0 Å². The quantitative estimate of drug-likeness (QED) is 0.701. The molecule has 26 heavy (non-hydrogen) atoms. The van der Waals surface area contributed by atoms with E-state index in [2.05, 4.69) is 37.9 Å². The van der Waals surface area contributed by atoms with Crippen molar-refractivity contribution in [3.8, 4) is 17.0 Å². The van der Waals surface area contributed by atoms with Crippen LogP contribution in [0.4, 0.5) is 13.2 Å². The Morgan fingerprint density at radius 3 is 2.15 bits per heavy atom. The van der Waals surface area contributed by atoms with Crippen LogP contribution in [0, 0.1) is 12.8 Å². The van der Waals surface area contributed by atoms with E-state index in [1.54, 1.807) is 6.92 Å². The number of hydrogen-bond acceptors (Lipinski definition) is 3. The summed E-state index contributed by atoms with van der Waals surface area (Å²) in [6.45, 7) is 10.3. The number of phenolic OH excluding ortho intramolecular Hbond substituents is 1. The molecule has 0 unspecified atom stereocenters. The fraction of sp³-hybridized carbons (Fsp3) is 0.500. The van der Waals surface area contributed by atoms with Crippen molar-refractivity contribution in [1.29, 1.82) is 0 Å². The normalized spacial score (nSPS) is 12.3. The molecule has 0 saturated carbocycles. The molecule has 0 radical (unpaired) electrons. The molecule has 1 aromatic carbocycles. The first-order valence-electron chi connectivity index (χ1n) is 8.87. The number of nitrogens with zero attached hydrogens (tertiary/aromatic N) is 2. The van der Waals surface area contributed by atoms with Crippen molar-refractivity contribution in [2.24, 2.45) is 5.92 Å². The molecule has 1 atom stereocenters. The van der Waals surface area contributed by atoms with Crippen LogP contribution in [0.1, 0.15) is 57.4 Å². The molecule has 0 spiro atoms. The maximum absolute atomic E-state index is 12.7. The van der Waals surface area contributed by atoms with Crippen molar-refractivity contribution >= 4 is 0 Å². The SMILES string of the molecule is CCC.CC[C@H](C)Cc1cc(C)c(-c2ccc(C(F)(F)F)cc2O)nn1. The van der Waals surface area contributed by atoms with Crippen LogP contribution in [0.3, 0.4) is 0 Å². The van der Waals surface area contributed by atoms with E-state index in [-0.39, 0.29) is 5.56 Å². The molecule has 0 aliphatic heterocycles. The second-order valence-electron chi connectivity index (χ2n) is 6.52. The van der Waals surface area contributed by atoms with Gasteiger partial charge in [-0.2, -0.15) is 18.3 Å². The number of benzene rings is 1. The molecule has 0 aliphatic rings. The van der Waals surface area contributed by atoms with Gasteiger partial charge in [0.15, 0.2) is 0 Å². The van der Waals surface area contributed by atoms with Crippen LogP contribution in [0.25, 0.3) is 11.3 Å². The molecular formula is C20H27F3N2O. The van der Waals surface area contributed by atoms with Crippen LogP contribution in [-0.4, -0.2) is 15.3 Å². The second-order valence-corrected chi connectivity index (χ2v) is 6.52. The zero-order valence-corrected chi connectivity index (χ0v) is 16.0. The minimum Gasteiger partial charge on any atom is -0.507 e. The summed E-state index contributed by atoms with van der Waals surface area (Å²) in [5.41, 5.74) is 1.36. The minimum absolute atomic E-state index is 0.248. The van der Waals surface area contributed by atoms with E-state index < -0.39 is 17.5 Å². The summed E-state index contributed by atoms with van der Waals surface area (Å²) in [5.74, 6) is 0.0286. The molecule has 0 bridgehead atoms. The smallest absolute Gasteiger partial charge is 0.416 e. The van der Waals surface area contributed by atoms with Gasteiger partial charge in [0.1, 0.15) is 5.75 Å². The van der Waals surface area contributed by atoms with Gasteiger partial charge in [0, 0.05) is 5.56 Å². The second kappa shape index (κ2) is 9.55. The van der Waals surface area contributed by atoms with Crippen molar-refractivity contribution < 1.29 is 18.3 Å². The Hall–Kier alpha value is -2.11. The zero-order valence-electron chi connectivity index (χ0n) is 16.0. The monoisotopic (exact) mass is 368 g/mol. The standard InChI is InChI=1S/C17H19F3N2O.C3H8/c1-4-10(2)7-13-8-11(3)16(22-21-13)14-6-5-12(9-15(14)23)17(18,19)20;1-3-2/h5-6,8-10,23H,4,7H2,1-3H3;3H2,1-2H3/t10-;/m0./s1. The van der Waals surface area contributed by atoms with E-state index in [0.29, 0.717) is 17.7 Å². The Morgan fingerprint density at radius 2 is 1.69 bits per heavy atom. The fourth-order valence-corrected chi connectivity index (χ4v) is 2.32. The lowest BCUT2D eigenvalue weighted by Gasteiger charge is -2.12. The molecule has 144 valence electrons. The van der Waals surface area contributed by atoms with E-state index in [4.69, 9.17) is 0 Å². The molecule has 0 aliphatic carbocycles. The van der Waals surface area contributed by atoms with Crippen LogP contribution in [0.5, 0.6) is 5.75 Å². The van der Waals surface area contributed by atoms with Crippen molar-refractivity contribution in [2.45, 2.75) is 60.1 Å². The van der Waals surface area contributed by atoms with Crippen LogP contribution in [-0.2, 0) is 12.6 Å². The third-order valence-corrected chi connectivity index (χ3v) is 3.87. The molecular weight excluding hydrogens is 341 g/mol. The molecule has 3 nitrogen and oxygen atoms in total. The van der Waals surface area contributed by atoms with Crippen molar-refractivity contribution in [3.63, 3.8) is 0 Å². The number of alkyl halides is 3. The molecule has 1 N–H and O–H groups in total. The lowest BCUT2D eigenvalue weighted by molar-refractivity contribution is -0.137. The molecule has 0 saturated heterocycles. The average molecular weight is 368 g/mol. The number of aromatic nitrogens is 2. The van der Waals surface area contributed by atoms with Crippen LogP contribution in [0.15, 0.2) is 24.3 Å². The van der Waals surface area contributed by atoms with Gasteiger partial charge in [-0.15, -0.1) is 5.10 Å². The summed E-state index contributed by atoms with van der Waals surface area (Å²) in [5, 5.41) is 18.1. The number of rotatable bonds is 4. The summed E-state index contributed by atoms with van der Waals surface area (Å²) >= 11 is 0. The average Bonchev–Trinajstić information content (AvgIpc) is 2.55. The highest BCUT2D eigenvalue weighted by Crippen LogP contribution is 2.36. The first-order chi connectivity index (χ1) is 12.1. The third kappa shape index (κ3) is 6.00. The summed E-state index contributed by atoms with van der Waals surface area (Å²) in [4.78, 5) is 0. The van der Waals surface area contributed by atoms with E-state index in [1.807, 2.05) is 6.07 Å². The molecule has 6 heteroatoms. The zero-order chi connectivity index (χ0) is 19.9. The number of aromatic hydroxyl groups is 1.